The van der Waals surface area contributed by atoms with Crippen molar-refractivity contribution in [2.24, 2.45) is 5.73 Å². The van der Waals surface area contributed by atoms with Gasteiger partial charge in [0, 0.05) is 5.56 Å². The molecule has 74 valence electrons. The number of carbonyl (C=O) groups excluding carboxylic acids is 1. The normalized spacial score (nSPS) is 18.7. The van der Waals surface area contributed by atoms with Gasteiger partial charge in [-0.25, -0.2) is 0 Å². The largest absolute Gasteiger partial charge is 0.319 e. The van der Waals surface area contributed by atoms with Crippen LogP contribution in [0.3, 0.4) is 0 Å². The molecule has 0 radical (unpaired) electrons. The molecule has 0 amide bonds. The molecule has 1 aromatic rings. The van der Waals surface area contributed by atoms with Crippen LogP contribution in [0.1, 0.15) is 35.2 Å². The lowest BCUT2D eigenvalue weighted by Gasteiger charge is -2.36. The van der Waals surface area contributed by atoms with Crippen molar-refractivity contribution in [1.82, 2.24) is 0 Å². The van der Waals surface area contributed by atoms with E-state index in [1.165, 1.54) is 0 Å². The van der Waals surface area contributed by atoms with Crippen LogP contribution in [0.5, 0.6) is 0 Å². The van der Waals surface area contributed by atoms with Crippen molar-refractivity contribution >= 4 is 5.78 Å². The molecule has 14 heavy (non-hydrogen) atoms. The summed E-state index contributed by atoms with van der Waals surface area (Å²) in [6.07, 6.45) is 2.74. The summed E-state index contributed by atoms with van der Waals surface area (Å²) in [5, 5.41) is 0. The van der Waals surface area contributed by atoms with Gasteiger partial charge >= 0.3 is 0 Å². The van der Waals surface area contributed by atoms with Crippen molar-refractivity contribution in [2.75, 3.05) is 0 Å². The Labute approximate surface area is 84.1 Å². The molecule has 2 rings (SSSR count). The lowest BCUT2D eigenvalue weighted by molar-refractivity contribution is 0.0800. The smallest absolute Gasteiger partial charge is 0.182 e. The number of rotatable bonds is 2. The van der Waals surface area contributed by atoms with Crippen LogP contribution in [0.4, 0.5) is 0 Å². The molecule has 0 heterocycles. The average Bonchev–Trinajstić information content (AvgIpc) is 2.14. The molecule has 0 bridgehead atoms. The summed E-state index contributed by atoms with van der Waals surface area (Å²) in [6, 6.07) is 7.65. The zero-order valence-electron chi connectivity index (χ0n) is 8.42. The van der Waals surface area contributed by atoms with E-state index in [0.29, 0.717) is 0 Å². The summed E-state index contributed by atoms with van der Waals surface area (Å²) in [4.78, 5) is 12.0. The minimum atomic E-state index is -0.563. The Balaban J connectivity index is 2.32. The van der Waals surface area contributed by atoms with Crippen molar-refractivity contribution in [3.63, 3.8) is 0 Å². The summed E-state index contributed by atoms with van der Waals surface area (Å²) < 4.78 is 0. The first-order chi connectivity index (χ1) is 6.63. The molecule has 2 nitrogen and oxygen atoms in total. The topological polar surface area (TPSA) is 43.1 Å². The van der Waals surface area contributed by atoms with Crippen LogP contribution in [0.2, 0.25) is 0 Å². The van der Waals surface area contributed by atoms with Gasteiger partial charge in [0.25, 0.3) is 0 Å². The van der Waals surface area contributed by atoms with E-state index >= 15 is 0 Å². The maximum atomic E-state index is 12.0. The lowest BCUT2D eigenvalue weighted by atomic mass is 9.72. The van der Waals surface area contributed by atoms with E-state index in [-0.39, 0.29) is 5.78 Å². The highest BCUT2D eigenvalue weighted by atomic mass is 16.1. The number of hydrogen-bond donors (Lipinski definition) is 1. The Morgan fingerprint density at radius 1 is 1.36 bits per heavy atom. The van der Waals surface area contributed by atoms with Gasteiger partial charge in [-0.3, -0.25) is 4.79 Å². The Hall–Kier alpha value is -1.15. The molecule has 1 aliphatic rings. The van der Waals surface area contributed by atoms with E-state index in [0.717, 1.165) is 30.4 Å². The Morgan fingerprint density at radius 3 is 2.50 bits per heavy atom. The van der Waals surface area contributed by atoms with Gasteiger partial charge in [-0.2, -0.15) is 0 Å². The Bertz CT molecular complexity index is 366. The quantitative estimate of drug-likeness (QED) is 0.724. The van der Waals surface area contributed by atoms with Crippen LogP contribution < -0.4 is 5.73 Å². The summed E-state index contributed by atoms with van der Waals surface area (Å²) in [6.45, 7) is 1.95. The van der Waals surface area contributed by atoms with Gasteiger partial charge in [0.15, 0.2) is 5.78 Å². The highest BCUT2D eigenvalue weighted by Crippen LogP contribution is 2.32. The van der Waals surface area contributed by atoms with Crippen LogP contribution in [0.15, 0.2) is 24.3 Å². The second kappa shape index (κ2) is 3.21. The van der Waals surface area contributed by atoms with Gasteiger partial charge in [0.2, 0.25) is 0 Å². The molecule has 0 aliphatic heterocycles. The van der Waals surface area contributed by atoms with Crippen LogP contribution in [-0.4, -0.2) is 11.3 Å². The van der Waals surface area contributed by atoms with Crippen LogP contribution in [0, 0.1) is 6.92 Å². The van der Waals surface area contributed by atoms with Gasteiger partial charge in [-0.1, -0.05) is 24.3 Å². The molecule has 0 atom stereocenters. The fourth-order valence-electron chi connectivity index (χ4n) is 1.88. The Kier molecular flexibility index (Phi) is 2.16. The molecule has 2 heteroatoms. The number of carbonyl (C=O) groups is 1. The molecule has 0 unspecified atom stereocenters. The maximum Gasteiger partial charge on any atom is 0.182 e. The van der Waals surface area contributed by atoms with Crippen LogP contribution in [-0.2, 0) is 0 Å². The van der Waals surface area contributed by atoms with Gasteiger partial charge in [0.1, 0.15) is 0 Å². The molecular formula is C12H15NO. The summed E-state index contributed by atoms with van der Waals surface area (Å²) >= 11 is 0. The van der Waals surface area contributed by atoms with E-state index in [9.17, 15) is 4.79 Å². The second-order valence-corrected chi connectivity index (χ2v) is 4.15. The highest BCUT2D eigenvalue weighted by Gasteiger charge is 2.40. The van der Waals surface area contributed by atoms with E-state index < -0.39 is 5.54 Å². The number of benzene rings is 1. The minimum absolute atomic E-state index is 0.113. The standard InChI is InChI=1S/C12H15NO/c1-9-5-2-3-6-10(9)11(14)12(13)7-4-8-12/h2-3,5-6H,4,7-8,13H2,1H3. The van der Waals surface area contributed by atoms with E-state index in [2.05, 4.69) is 0 Å². The average molecular weight is 189 g/mol. The van der Waals surface area contributed by atoms with Crippen molar-refractivity contribution in [1.29, 1.82) is 0 Å². The molecular weight excluding hydrogens is 174 g/mol. The van der Waals surface area contributed by atoms with Crippen LogP contribution >= 0.6 is 0 Å². The monoisotopic (exact) mass is 189 g/mol. The summed E-state index contributed by atoms with van der Waals surface area (Å²) in [5.74, 6) is 0.113. The van der Waals surface area contributed by atoms with Gasteiger partial charge in [0.05, 0.1) is 5.54 Å². The zero-order chi connectivity index (χ0) is 10.2. The molecule has 2 N–H and O–H groups in total. The SMILES string of the molecule is Cc1ccccc1C(=O)C1(N)CCC1. The van der Waals surface area contributed by atoms with Crippen molar-refractivity contribution in [2.45, 2.75) is 31.7 Å². The van der Waals surface area contributed by atoms with Crippen LogP contribution in [0.25, 0.3) is 0 Å². The van der Waals surface area contributed by atoms with Gasteiger partial charge in [-0.05, 0) is 31.7 Å². The number of nitrogens with two attached hydrogens (primary N) is 1. The molecule has 0 aromatic heterocycles. The fraction of sp³-hybridized carbons (Fsp3) is 0.417. The van der Waals surface area contributed by atoms with E-state index in [4.69, 9.17) is 5.73 Å². The number of hydrogen-bond acceptors (Lipinski definition) is 2. The van der Waals surface area contributed by atoms with Crippen molar-refractivity contribution < 1.29 is 4.79 Å². The van der Waals surface area contributed by atoms with Crippen molar-refractivity contribution in [3.8, 4) is 0 Å². The third kappa shape index (κ3) is 1.36. The zero-order valence-corrected chi connectivity index (χ0v) is 8.42. The summed E-state index contributed by atoms with van der Waals surface area (Å²) in [7, 11) is 0. The Morgan fingerprint density at radius 2 is 2.00 bits per heavy atom. The van der Waals surface area contributed by atoms with Crippen molar-refractivity contribution in [3.05, 3.63) is 35.4 Å². The predicted molar refractivity (Wildman–Crippen MR) is 56.3 cm³/mol. The molecule has 1 aliphatic carbocycles. The van der Waals surface area contributed by atoms with Gasteiger partial charge < -0.3 is 5.73 Å². The third-order valence-electron chi connectivity index (χ3n) is 3.09. The highest BCUT2D eigenvalue weighted by molar-refractivity contribution is 6.04. The molecule has 1 aromatic carbocycles. The number of aryl methyl sites for hydroxylation is 1. The third-order valence-corrected chi connectivity index (χ3v) is 3.09. The molecule has 0 saturated heterocycles. The predicted octanol–water partition coefficient (Wildman–Crippen LogP) is 2.06. The van der Waals surface area contributed by atoms with Gasteiger partial charge in [-0.15, -0.1) is 0 Å². The molecule has 1 fully saturated rings. The first-order valence-corrected chi connectivity index (χ1v) is 5.03. The molecule has 0 spiro atoms. The fourth-order valence-corrected chi connectivity index (χ4v) is 1.88. The first kappa shape index (κ1) is 9.41. The minimum Gasteiger partial charge on any atom is -0.319 e. The van der Waals surface area contributed by atoms with E-state index in [1.54, 1.807) is 0 Å². The maximum absolute atomic E-state index is 12.0. The summed E-state index contributed by atoms with van der Waals surface area (Å²) in [5.41, 5.74) is 7.24. The number of Topliss-reactive ketones (excluding diaryl/α,β-unsaturated/α-hetero) is 1. The number of ketones is 1. The first-order valence-electron chi connectivity index (χ1n) is 5.03. The second-order valence-electron chi connectivity index (χ2n) is 4.15. The molecule has 1 saturated carbocycles. The lowest BCUT2D eigenvalue weighted by Crippen LogP contribution is -2.53. The van der Waals surface area contributed by atoms with E-state index in [1.807, 2.05) is 31.2 Å².